The molecule has 0 saturated heterocycles. The summed E-state index contributed by atoms with van der Waals surface area (Å²) in [7, 11) is 3.60. The zero-order valence-corrected chi connectivity index (χ0v) is 13.0. The molecule has 0 aromatic carbocycles. The van der Waals surface area contributed by atoms with Crippen molar-refractivity contribution in [2.24, 2.45) is 7.05 Å². The molecule has 0 atom stereocenters. The Morgan fingerprint density at radius 3 is 3.00 bits per heavy atom. The first-order chi connectivity index (χ1) is 9.56. The number of imidazole rings is 1. The number of halogens is 1. The van der Waals surface area contributed by atoms with Crippen LogP contribution in [0, 0.1) is 0 Å². The molecule has 0 spiro atoms. The van der Waals surface area contributed by atoms with E-state index in [9.17, 15) is 4.79 Å². The second kappa shape index (κ2) is 5.18. The fourth-order valence-corrected chi connectivity index (χ4v) is 3.59. The molecule has 0 unspecified atom stereocenters. The van der Waals surface area contributed by atoms with Crippen LogP contribution in [0.25, 0.3) is 0 Å². The fourth-order valence-electron chi connectivity index (χ4n) is 2.30. The molecule has 5 nitrogen and oxygen atoms in total. The van der Waals surface area contributed by atoms with Crippen LogP contribution in [-0.4, -0.2) is 32.4 Å². The third kappa shape index (κ3) is 2.33. The van der Waals surface area contributed by atoms with E-state index in [0.29, 0.717) is 16.7 Å². The van der Waals surface area contributed by atoms with Crippen molar-refractivity contribution in [3.63, 3.8) is 0 Å². The van der Waals surface area contributed by atoms with Gasteiger partial charge in [-0.1, -0.05) is 11.6 Å². The summed E-state index contributed by atoms with van der Waals surface area (Å²) in [5.41, 5.74) is 1.10. The van der Waals surface area contributed by atoms with Crippen molar-refractivity contribution >= 4 is 28.8 Å². The van der Waals surface area contributed by atoms with Crippen LogP contribution in [0.5, 0.6) is 0 Å². The smallest absolute Gasteiger partial charge is 0.282 e. The highest BCUT2D eigenvalue weighted by Gasteiger charge is 2.23. The van der Waals surface area contributed by atoms with Gasteiger partial charge in [-0.3, -0.25) is 4.79 Å². The molecule has 2 aromatic rings. The predicted molar refractivity (Wildman–Crippen MR) is 78.2 cm³/mol. The largest absolute Gasteiger partial charge is 0.332 e. The van der Waals surface area contributed by atoms with E-state index in [-0.39, 0.29) is 5.91 Å². The van der Waals surface area contributed by atoms with Crippen molar-refractivity contribution in [1.29, 1.82) is 0 Å². The monoisotopic (exact) mass is 310 g/mol. The lowest BCUT2D eigenvalue weighted by Crippen LogP contribution is -2.27. The number of carbonyl (C=O) groups is 1. The lowest BCUT2D eigenvalue weighted by Gasteiger charge is -2.15. The van der Waals surface area contributed by atoms with Crippen LogP contribution in [-0.2, 0) is 26.4 Å². The number of rotatable bonds is 3. The van der Waals surface area contributed by atoms with Gasteiger partial charge in [0.15, 0.2) is 5.01 Å². The first-order valence-electron chi connectivity index (χ1n) is 6.46. The summed E-state index contributed by atoms with van der Waals surface area (Å²) in [5.74, 6) is 0.707. The molecule has 1 aliphatic rings. The maximum absolute atomic E-state index is 12.4. The summed E-state index contributed by atoms with van der Waals surface area (Å²) in [5, 5.41) is 1.14. The minimum absolute atomic E-state index is 0.0523. The Balaban J connectivity index is 1.74. The lowest BCUT2D eigenvalue weighted by molar-refractivity contribution is 0.0780. The number of thiazole rings is 1. The molecule has 3 rings (SSSR count). The van der Waals surface area contributed by atoms with E-state index in [1.54, 1.807) is 22.7 Å². The van der Waals surface area contributed by atoms with Gasteiger partial charge in [0.05, 0.1) is 18.4 Å². The predicted octanol–water partition coefficient (Wildman–Crippen LogP) is 2.29. The highest BCUT2D eigenvalue weighted by molar-refractivity contribution is 7.13. The Bertz CT molecular complexity index is 642. The third-order valence-electron chi connectivity index (χ3n) is 3.53. The zero-order chi connectivity index (χ0) is 14.3. The summed E-state index contributed by atoms with van der Waals surface area (Å²) in [6.07, 6.45) is 4.80. The van der Waals surface area contributed by atoms with Crippen molar-refractivity contribution in [1.82, 2.24) is 19.4 Å². The second-order valence-corrected chi connectivity index (χ2v) is 6.43. The number of nitrogens with zero attached hydrogens (tertiary/aromatic N) is 4. The van der Waals surface area contributed by atoms with Gasteiger partial charge in [0.2, 0.25) is 0 Å². The molecule has 7 heteroatoms. The van der Waals surface area contributed by atoms with E-state index in [0.717, 1.165) is 30.8 Å². The maximum atomic E-state index is 12.4. The van der Waals surface area contributed by atoms with Gasteiger partial charge in [-0.25, -0.2) is 9.97 Å². The maximum Gasteiger partial charge on any atom is 0.282 e. The number of aryl methyl sites for hydroxylation is 2. The highest BCUT2D eigenvalue weighted by Crippen LogP contribution is 2.28. The Hall–Kier alpha value is -1.40. The molecule has 0 bridgehead atoms. The minimum atomic E-state index is -0.0523. The number of hydrogen-bond donors (Lipinski definition) is 0. The van der Waals surface area contributed by atoms with Crippen molar-refractivity contribution in [3.05, 3.63) is 32.8 Å². The van der Waals surface area contributed by atoms with Gasteiger partial charge in [0, 0.05) is 19.0 Å². The average Bonchev–Trinajstić information content (AvgIpc) is 3.08. The highest BCUT2D eigenvalue weighted by atomic mass is 35.5. The first-order valence-corrected chi connectivity index (χ1v) is 7.66. The van der Waals surface area contributed by atoms with Crippen molar-refractivity contribution in [3.8, 4) is 0 Å². The third-order valence-corrected chi connectivity index (χ3v) is 5.03. The minimum Gasteiger partial charge on any atom is -0.332 e. The summed E-state index contributed by atoms with van der Waals surface area (Å²) in [6.45, 7) is 0.423. The van der Waals surface area contributed by atoms with Crippen molar-refractivity contribution in [2.75, 3.05) is 7.05 Å². The standard InChI is InChI=1S/C13H15ClN4OS/c1-17(7-11-15-6-10(14)18(11)2)13(19)12-16-8-4-3-5-9(8)20-12/h6H,3-5,7H2,1-2H3. The quantitative estimate of drug-likeness (QED) is 0.874. The molecule has 0 fully saturated rings. The van der Waals surface area contributed by atoms with Gasteiger partial charge in [0.1, 0.15) is 11.0 Å². The summed E-state index contributed by atoms with van der Waals surface area (Å²) in [4.78, 5) is 23.9. The normalized spacial score (nSPS) is 13.6. The van der Waals surface area contributed by atoms with Crippen LogP contribution < -0.4 is 0 Å². The van der Waals surface area contributed by atoms with Crippen LogP contribution in [0.15, 0.2) is 6.20 Å². The van der Waals surface area contributed by atoms with Crippen molar-refractivity contribution < 1.29 is 4.79 Å². The van der Waals surface area contributed by atoms with Gasteiger partial charge in [-0.05, 0) is 19.3 Å². The molecule has 2 heterocycles. The van der Waals surface area contributed by atoms with Gasteiger partial charge in [-0.15, -0.1) is 11.3 Å². The van der Waals surface area contributed by atoms with Gasteiger partial charge in [-0.2, -0.15) is 0 Å². The van der Waals surface area contributed by atoms with Gasteiger partial charge < -0.3 is 9.47 Å². The van der Waals surface area contributed by atoms with E-state index >= 15 is 0 Å². The molecular weight excluding hydrogens is 296 g/mol. The zero-order valence-electron chi connectivity index (χ0n) is 11.4. The second-order valence-electron chi connectivity index (χ2n) is 4.96. The number of hydrogen-bond acceptors (Lipinski definition) is 4. The number of fused-ring (bicyclic) bond motifs is 1. The molecule has 20 heavy (non-hydrogen) atoms. The van der Waals surface area contributed by atoms with Crippen LogP contribution in [0.1, 0.15) is 32.6 Å². The van der Waals surface area contributed by atoms with Crippen molar-refractivity contribution in [2.45, 2.75) is 25.8 Å². The molecule has 1 amide bonds. The molecule has 0 saturated carbocycles. The number of amides is 1. The van der Waals surface area contributed by atoms with Crippen LogP contribution in [0.4, 0.5) is 0 Å². The van der Waals surface area contributed by atoms with Gasteiger partial charge in [0.25, 0.3) is 5.91 Å². The number of aromatic nitrogens is 3. The van der Waals surface area contributed by atoms with E-state index in [4.69, 9.17) is 11.6 Å². The Morgan fingerprint density at radius 2 is 2.35 bits per heavy atom. The van der Waals surface area contributed by atoms with Crippen LogP contribution >= 0.6 is 22.9 Å². The van der Waals surface area contributed by atoms with E-state index in [2.05, 4.69) is 9.97 Å². The molecule has 1 aliphatic carbocycles. The molecule has 0 aliphatic heterocycles. The van der Waals surface area contributed by atoms with Gasteiger partial charge >= 0.3 is 0 Å². The summed E-state index contributed by atoms with van der Waals surface area (Å²) < 4.78 is 1.77. The van der Waals surface area contributed by atoms with Crippen LogP contribution in [0.2, 0.25) is 5.15 Å². The Kier molecular flexibility index (Phi) is 3.52. The van der Waals surface area contributed by atoms with E-state index < -0.39 is 0 Å². The molecule has 0 radical (unpaired) electrons. The Labute approximate surface area is 126 Å². The average molecular weight is 311 g/mol. The Morgan fingerprint density at radius 1 is 1.55 bits per heavy atom. The topological polar surface area (TPSA) is 51.0 Å². The SMILES string of the molecule is CN(Cc1ncc(Cl)n1C)C(=O)c1nc2c(s1)CCC2. The lowest BCUT2D eigenvalue weighted by atomic mass is 10.4. The number of carbonyl (C=O) groups excluding carboxylic acids is 1. The molecular formula is C13H15ClN4OS. The molecule has 2 aromatic heterocycles. The van der Waals surface area contributed by atoms with Crippen LogP contribution in [0.3, 0.4) is 0 Å². The summed E-state index contributed by atoms with van der Waals surface area (Å²) >= 11 is 7.47. The van der Waals surface area contributed by atoms with E-state index in [1.165, 1.54) is 16.2 Å². The summed E-state index contributed by atoms with van der Waals surface area (Å²) in [6, 6.07) is 0. The molecule has 106 valence electrons. The molecule has 0 N–H and O–H groups in total. The van der Waals surface area contributed by atoms with E-state index in [1.807, 2.05) is 7.05 Å². The first kappa shape index (κ1) is 13.6. The fraction of sp³-hybridized carbons (Fsp3) is 0.462.